The Hall–Kier alpha value is -3.92. The number of nitrogens with one attached hydrogen (secondary N) is 1. The van der Waals surface area contributed by atoms with Gasteiger partial charge in [0.05, 0.1) is 23.6 Å². The third-order valence-electron chi connectivity index (χ3n) is 6.09. The van der Waals surface area contributed by atoms with Crippen molar-refractivity contribution in [1.29, 1.82) is 0 Å². The van der Waals surface area contributed by atoms with Gasteiger partial charge in [0.2, 0.25) is 5.91 Å². The normalized spacial score (nSPS) is 12.2. The monoisotopic (exact) mass is 515 g/mol. The Morgan fingerprint density at radius 1 is 1.08 bits per heavy atom. The van der Waals surface area contributed by atoms with Crippen LogP contribution in [0, 0.1) is 13.8 Å². The van der Waals surface area contributed by atoms with Crippen molar-refractivity contribution in [2.75, 3.05) is 12.4 Å². The lowest BCUT2D eigenvalue weighted by Crippen LogP contribution is -2.25. The Kier molecular flexibility index (Phi) is 7.09. The molecule has 9 nitrogen and oxygen atoms in total. The fourth-order valence-electron chi connectivity index (χ4n) is 4.24. The van der Waals surface area contributed by atoms with Gasteiger partial charge in [-0.15, -0.1) is 5.10 Å². The zero-order chi connectivity index (χ0) is 25.9. The van der Waals surface area contributed by atoms with Crippen LogP contribution in [-0.4, -0.2) is 47.6 Å². The molecule has 0 fully saturated rings. The molecule has 5 aromatic rings. The maximum absolute atomic E-state index is 13.2. The van der Waals surface area contributed by atoms with Crippen LogP contribution in [-0.2, 0) is 17.8 Å². The molecule has 0 saturated carbocycles. The Morgan fingerprint density at radius 3 is 2.68 bits per heavy atom. The lowest BCUT2D eigenvalue weighted by molar-refractivity contribution is -0.115. The van der Waals surface area contributed by atoms with Crippen LogP contribution in [0.1, 0.15) is 30.6 Å². The zero-order valence-electron chi connectivity index (χ0n) is 21.3. The summed E-state index contributed by atoms with van der Waals surface area (Å²) in [5, 5.41) is 13.5. The second-order valence-electron chi connectivity index (χ2n) is 8.81. The molecule has 3 aromatic heterocycles. The average molecular weight is 516 g/mol. The predicted molar refractivity (Wildman–Crippen MR) is 145 cm³/mol. The predicted octanol–water partition coefficient (Wildman–Crippen LogP) is 4.85. The van der Waals surface area contributed by atoms with Crippen LogP contribution in [0.3, 0.4) is 0 Å². The van der Waals surface area contributed by atoms with Crippen LogP contribution in [0.15, 0.2) is 59.8 Å². The summed E-state index contributed by atoms with van der Waals surface area (Å²) in [5.41, 5.74) is 4.34. The topological polar surface area (TPSA) is 99.2 Å². The van der Waals surface area contributed by atoms with Crippen molar-refractivity contribution in [3.8, 4) is 5.75 Å². The van der Waals surface area contributed by atoms with Gasteiger partial charge < -0.3 is 10.1 Å². The molecule has 0 bridgehead atoms. The summed E-state index contributed by atoms with van der Waals surface area (Å²) in [6.07, 6.45) is 1.26. The second kappa shape index (κ2) is 10.6. The van der Waals surface area contributed by atoms with Gasteiger partial charge in [0, 0.05) is 35.8 Å². The Balaban J connectivity index is 1.44. The molecule has 1 amide bonds. The minimum atomic E-state index is -0.370. The standard InChI is InChI=1S/C27H29N7O2S/c1-5-23(26(35)28-19-9-8-10-20(16-19)36-4)37-27-29-22-12-7-6-11-21(22)25-30-24(32-34(25)27)13-14-33-18(3)15-17(2)31-33/h6-12,15-16,23H,5,13-14H2,1-4H3,(H,28,35)/t23-/m0/s1. The van der Waals surface area contributed by atoms with Crippen LogP contribution < -0.4 is 10.1 Å². The highest BCUT2D eigenvalue weighted by atomic mass is 32.2. The van der Waals surface area contributed by atoms with Gasteiger partial charge in [-0.1, -0.05) is 36.9 Å². The van der Waals surface area contributed by atoms with E-state index in [9.17, 15) is 4.79 Å². The van der Waals surface area contributed by atoms with Crippen molar-refractivity contribution in [3.63, 3.8) is 0 Å². The van der Waals surface area contributed by atoms with Crippen molar-refractivity contribution in [3.05, 3.63) is 71.8 Å². The van der Waals surface area contributed by atoms with E-state index in [2.05, 4.69) is 16.5 Å². The van der Waals surface area contributed by atoms with Crippen LogP contribution in [0.5, 0.6) is 5.75 Å². The highest BCUT2D eigenvalue weighted by Crippen LogP contribution is 2.29. The molecule has 1 atom stereocenters. The number of hydrogen-bond acceptors (Lipinski definition) is 7. The van der Waals surface area contributed by atoms with Crippen LogP contribution in [0.2, 0.25) is 0 Å². The fourth-order valence-corrected chi connectivity index (χ4v) is 5.20. The van der Waals surface area contributed by atoms with Crippen molar-refractivity contribution >= 4 is 39.9 Å². The number of rotatable bonds is 9. The first-order valence-corrected chi connectivity index (χ1v) is 13.1. The number of para-hydroxylation sites is 1. The molecule has 37 heavy (non-hydrogen) atoms. The minimum absolute atomic E-state index is 0.103. The van der Waals surface area contributed by atoms with Crippen LogP contribution >= 0.6 is 11.8 Å². The second-order valence-corrected chi connectivity index (χ2v) is 9.98. The molecular formula is C27H29N7O2S. The Labute approximate surface area is 219 Å². The number of nitrogens with zero attached hydrogens (tertiary/aromatic N) is 6. The number of carbonyl (C=O) groups is 1. The van der Waals surface area contributed by atoms with E-state index in [0.717, 1.165) is 27.9 Å². The number of carbonyl (C=O) groups excluding carboxylic acids is 1. The fraction of sp³-hybridized carbons (Fsp3) is 0.296. The summed E-state index contributed by atoms with van der Waals surface area (Å²) in [7, 11) is 1.60. The van der Waals surface area contributed by atoms with E-state index < -0.39 is 0 Å². The quantitative estimate of drug-likeness (QED) is 0.221. The Bertz CT molecular complexity index is 1580. The van der Waals surface area contributed by atoms with Crippen molar-refractivity contribution < 1.29 is 9.53 Å². The molecule has 1 N–H and O–H groups in total. The summed E-state index contributed by atoms with van der Waals surface area (Å²) in [6, 6.07) is 17.3. The number of methoxy groups -OCH3 is 1. The number of benzene rings is 2. The molecular weight excluding hydrogens is 486 g/mol. The van der Waals surface area contributed by atoms with E-state index in [1.54, 1.807) is 17.7 Å². The number of anilines is 1. The average Bonchev–Trinajstić information content (AvgIpc) is 3.48. The lowest BCUT2D eigenvalue weighted by atomic mass is 10.2. The first kappa shape index (κ1) is 24.8. The summed E-state index contributed by atoms with van der Waals surface area (Å²) >= 11 is 1.39. The van der Waals surface area contributed by atoms with Crippen LogP contribution in [0.25, 0.3) is 16.6 Å². The number of hydrogen-bond donors (Lipinski definition) is 1. The summed E-state index contributed by atoms with van der Waals surface area (Å²) < 4.78 is 9.02. The SMILES string of the molecule is CC[C@H](Sc1nc2ccccc2c2nc(CCn3nc(C)cc3C)nn12)C(=O)Nc1cccc(OC)c1. The van der Waals surface area contributed by atoms with Gasteiger partial charge in [0.25, 0.3) is 0 Å². The molecule has 0 saturated heterocycles. The molecule has 0 radical (unpaired) electrons. The molecule has 5 rings (SSSR count). The van der Waals surface area contributed by atoms with Gasteiger partial charge in [0.15, 0.2) is 16.6 Å². The van der Waals surface area contributed by atoms with Gasteiger partial charge in [-0.3, -0.25) is 9.48 Å². The van der Waals surface area contributed by atoms with Crippen LogP contribution in [0.4, 0.5) is 5.69 Å². The van der Waals surface area contributed by atoms with E-state index in [0.29, 0.717) is 41.8 Å². The molecule has 0 unspecified atom stereocenters. The summed E-state index contributed by atoms with van der Waals surface area (Å²) in [6.45, 7) is 6.71. The van der Waals surface area contributed by atoms with Gasteiger partial charge >= 0.3 is 0 Å². The molecule has 0 aliphatic carbocycles. The lowest BCUT2D eigenvalue weighted by Gasteiger charge is -2.15. The van der Waals surface area contributed by atoms with Crippen molar-refractivity contribution in [2.24, 2.45) is 0 Å². The van der Waals surface area contributed by atoms with Gasteiger partial charge in [-0.2, -0.15) is 9.61 Å². The molecule has 0 aliphatic heterocycles. The number of ether oxygens (including phenoxy) is 1. The highest BCUT2D eigenvalue weighted by molar-refractivity contribution is 8.00. The van der Waals surface area contributed by atoms with E-state index in [-0.39, 0.29) is 11.2 Å². The minimum Gasteiger partial charge on any atom is -0.497 e. The molecule has 2 aromatic carbocycles. The maximum Gasteiger partial charge on any atom is 0.237 e. The van der Waals surface area contributed by atoms with Gasteiger partial charge in [-0.25, -0.2) is 9.97 Å². The van der Waals surface area contributed by atoms with Crippen molar-refractivity contribution in [2.45, 2.75) is 50.6 Å². The smallest absolute Gasteiger partial charge is 0.237 e. The molecule has 0 aliphatic rings. The highest BCUT2D eigenvalue weighted by Gasteiger charge is 2.23. The van der Waals surface area contributed by atoms with E-state index >= 15 is 0 Å². The zero-order valence-corrected chi connectivity index (χ0v) is 22.1. The Morgan fingerprint density at radius 2 is 1.92 bits per heavy atom. The third-order valence-corrected chi connectivity index (χ3v) is 7.40. The largest absolute Gasteiger partial charge is 0.497 e. The molecule has 190 valence electrons. The number of thioether (sulfide) groups is 1. The number of aromatic nitrogens is 6. The maximum atomic E-state index is 13.2. The van der Waals surface area contributed by atoms with E-state index in [4.69, 9.17) is 19.8 Å². The first-order chi connectivity index (χ1) is 17.9. The summed E-state index contributed by atoms with van der Waals surface area (Å²) in [4.78, 5) is 22.9. The summed E-state index contributed by atoms with van der Waals surface area (Å²) in [5.74, 6) is 1.29. The van der Waals surface area contributed by atoms with E-state index in [1.807, 2.05) is 67.9 Å². The number of aryl methyl sites for hydroxylation is 4. The first-order valence-electron chi connectivity index (χ1n) is 12.2. The third kappa shape index (κ3) is 5.29. The van der Waals surface area contributed by atoms with Crippen molar-refractivity contribution in [1.82, 2.24) is 29.4 Å². The van der Waals surface area contributed by atoms with E-state index in [1.165, 1.54) is 11.8 Å². The number of fused-ring (bicyclic) bond motifs is 3. The molecule has 3 heterocycles. The number of amides is 1. The van der Waals surface area contributed by atoms with Gasteiger partial charge in [0.1, 0.15) is 5.75 Å². The van der Waals surface area contributed by atoms with Gasteiger partial charge in [-0.05, 0) is 50.6 Å². The molecule has 10 heteroatoms. The molecule has 0 spiro atoms.